The number of fused-ring (bicyclic) bond motifs is 2. The molecule has 4 aromatic heterocycles. The number of para-hydroxylation sites is 1. The quantitative estimate of drug-likeness (QED) is 0.393. The third-order valence-electron chi connectivity index (χ3n) is 6.06. The van der Waals surface area contributed by atoms with Gasteiger partial charge in [-0.3, -0.25) is 9.36 Å². The zero-order valence-electron chi connectivity index (χ0n) is 19.2. The molecule has 1 aromatic carbocycles. The minimum absolute atomic E-state index is 0.200. The summed E-state index contributed by atoms with van der Waals surface area (Å²) in [7, 11) is 0. The Balaban J connectivity index is 1.78. The first-order valence-corrected chi connectivity index (χ1v) is 11.0. The van der Waals surface area contributed by atoms with Crippen LogP contribution >= 0.6 is 0 Å². The largest absolute Gasteiger partial charge is 0.418 e. The molecule has 0 spiro atoms. The van der Waals surface area contributed by atoms with Crippen LogP contribution in [0.2, 0.25) is 0 Å². The number of alkyl halides is 3. The van der Waals surface area contributed by atoms with Crippen molar-refractivity contribution in [2.45, 2.75) is 26.1 Å². The molecule has 4 heterocycles. The highest BCUT2D eigenvalue weighted by Gasteiger charge is 2.36. The van der Waals surface area contributed by atoms with E-state index in [0.717, 1.165) is 16.8 Å². The summed E-state index contributed by atoms with van der Waals surface area (Å²) < 4.78 is 43.2. The van der Waals surface area contributed by atoms with Crippen molar-refractivity contribution in [3.63, 3.8) is 0 Å². The molecule has 0 fully saturated rings. The maximum absolute atomic E-state index is 13.7. The molecular formula is C24H19F3N8O. The zero-order valence-corrected chi connectivity index (χ0v) is 19.2. The number of aromatic nitrogens is 6. The van der Waals surface area contributed by atoms with Gasteiger partial charge in [0.15, 0.2) is 5.82 Å². The molecule has 5 rings (SSSR count). The molecule has 12 heteroatoms. The molecule has 0 saturated carbocycles. The number of nitriles is 1. The van der Waals surface area contributed by atoms with Gasteiger partial charge in [0.2, 0.25) is 0 Å². The number of halogens is 3. The fourth-order valence-electron chi connectivity index (χ4n) is 4.41. The first-order chi connectivity index (χ1) is 17.3. The molecule has 0 saturated heterocycles. The summed E-state index contributed by atoms with van der Waals surface area (Å²) in [5.41, 5.74) is -1.29. The van der Waals surface area contributed by atoms with Gasteiger partial charge in [0.1, 0.15) is 29.4 Å². The maximum atomic E-state index is 13.7. The second kappa shape index (κ2) is 8.53. The van der Waals surface area contributed by atoms with Crippen LogP contribution in [0.15, 0.2) is 59.9 Å². The van der Waals surface area contributed by atoms with Crippen LogP contribution in [0.3, 0.4) is 0 Å². The molecule has 182 valence electrons. The first kappa shape index (κ1) is 23.1. The van der Waals surface area contributed by atoms with Gasteiger partial charge in [0.25, 0.3) is 5.56 Å². The highest BCUT2D eigenvalue weighted by molar-refractivity contribution is 5.93. The van der Waals surface area contributed by atoms with E-state index in [1.165, 1.54) is 17.1 Å². The van der Waals surface area contributed by atoms with Crippen molar-refractivity contribution in [3.05, 3.63) is 82.4 Å². The molecule has 0 radical (unpaired) electrons. The lowest BCUT2D eigenvalue weighted by Gasteiger charge is -2.30. The molecule has 1 N–H and O–H groups in total. The van der Waals surface area contributed by atoms with Gasteiger partial charge >= 0.3 is 6.18 Å². The average molecular weight is 492 g/mol. The van der Waals surface area contributed by atoms with Crippen molar-refractivity contribution in [2.24, 2.45) is 0 Å². The van der Waals surface area contributed by atoms with Crippen molar-refractivity contribution in [1.82, 2.24) is 29.1 Å². The van der Waals surface area contributed by atoms with Crippen molar-refractivity contribution in [2.75, 3.05) is 11.4 Å². The second-order valence-electron chi connectivity index (χ2n) is 8.05. The lowest BCUT2D eigenvalue weighted by Crippen LogP contribution is -2.35. The van der Waals surface area contributed by atoms with Crippen molar-refractivity contribution >= 4 is 22.4 Å². The second-order valence-corrected chi connectivity index (χ2v) is 8.05. The molecule has 5 aromatic rings. The van der Waals surface area contributed by atoms with E-state index in [2.05, 4.69) is 26.1 Å². The first-order valence-electron chi connectivity index (χ1n) is 11.0. The molecule has 0 aliphatic rings. The van der Waals surface area contributed by atoms with Gasteiger partial charge in [0.05, 0.1) is 28.2 Å². The van der Waals surface area contributed by atoms with Crippen LogP contribution < -0.4 is 10.5 Å². The van der Waals surface area contributed by atoms with Gasteiger partial charge in [0, 0.05) is 18.9 Å². The van der Waals surface area contributed by atoms with Crippen molar-refractivity contribution in [3.8, 4) is 11.8 Å². The van der Waals surface area contributed by atoms with Crippen LogP contribution in [-0.2, 0) is 6.18 Å². The Morgan fingerprint density at radius 3 is 2.61 bits per heavy atom. The Morgan fingerprint density at radius 2 is 1.94 bits per heavy atom. The van der Waals surface area contributed by atoms with Gasteiger partial charge < -0.3 is 9.88 Å². The molecule has 0 bridgehead atoms. The van der Waals surface area contributed by atoms with E-state index in [9.17, 15) is 23.2 Å². The van der Waals surface area contributed by atoms with E-state index in [4.69, 9.17) is 0 Å². The third-order valence-corrected chi connectivity index (χ3v) is 6.06. The number of aromatic amines is 1. The summed E-state index contributed by atoms with van der Waals surface area (Å²) in [6.07, 6.45) is -0.706. The summed E-state index contributed by atoms with van der Waals surface area (Å²) in [5.74, 6) is 0.635. The monoisotopic (exact) mass is 492 g/mol. The van der Waals surface area contributed by atoms with Crippen LogP contribution in [0.25, 0.3) is 22.2 Å². The van der Waals surface area contributed by atoms with E-state index < -0.39 is 28.9 Å². The Morgan fingerprint density at radius 1 is 1.19 bits per heavy atom. The predicted octanol–water partition coefficient (Wildman–Crippen LogP) is 4.23. The van der Waals surface area contributed by atoms with Crippen molar-refractivity contribution < 1.29 is 13.2 Å². The molecule has 0 amide bonds. The summed E-state index contributed by atoms with van der Waals surface area (Å²) in [6, 6.07) is 10.7. The number of hydrogen-bond donors (Lipinski definition) is 1. The summed E-state index contributed by atoms with van der Waals surface area (Å²) in [6.45, 7) is 4.03. The molecular weight excluding hydrogens is 473 g/mol. The average Bonchev–Trinajstić information content (AvgIpc) is 3.49. The predicted molar refractivity (Wildman–Crippen MR) is 126 cm³/mol. The Bertz CT molecular complexity index is 1680. The molecule has 36 heavy (non-hydrogen) atoms. The van der Waals surface area contributed by atoms with E-state index in [1.807, 2.05) is 11.8 Å². The smallest absolute Gasteiger partial charge is 0.346 e. The van der Waals surface area contributed by atoms with E-state index in [1.54, 1.807) is 37.3 Å². The number of nitrogens with zero attached hydrogens (tertiary/aromatic N) is 7. The van der Waals surface area contributed by atoms with E-state index in [-0.39, 0.29) is 5.82 Å². The van der Waals surface area contributed by atoms with Crippen LogP contribution in [0.4, 0.5) is 19.0 Å². The molecule has 1 atom stereocenters. The molecule has 0 unspecified atom stereocenters. The fraction of sp³-hybridized carbons (Fsp3) is 0.208. The summed E-state index contributed by atoms with van der Waals surface area (Å²) in [4.78, 5) is 27.0. The van der Waals surface area contributed by atoms with Crippen LogP contribution in [-0.4, -0.2) is 35.7 Å². The van der Waals surface area contributed by atoms with Gasteiger partial charge in [-0.05, 0) is 32.0 Å². The molecule has 0 aliphatic heterocycles. The van der Waals surface area contributed by atoms with Gasteiger partial charge in [-0.15, -0.1) is 0 Å². The lowest BCUT2D eigenvalue weighted by atomic mass is 10.2. The number of nitrogens with one attached hydrogen (secondary N) is 1. The number of benzene rings is 1. The number of rotatable bonds is 5. The van der Waals surface area contributed by atoms with E-state index in [0.29, 0.717) is 34.6 Å². The Kier molecular flexibility index (Phi) is 5.47. The summed E-state index contributed by atoms with van der Waals surface area (Å²) >= 11 is 0. The van der Waals surface area contributed by atoms with Crippen LogP contribution in [0.5, 0.6) is 0 Å². The Hall–Kier alpha value is -4.66. The van der Waals surface area contributed by atoms with Gasteiger partial charge in [-0.2, -0.15) is 23.5 Å². The summed E-state index contributed by atoms with van der Waals surface area (Å²) in [5, 5.41) is 14.6. The maximum Gasteiger partial charge on any atom is 0.418 e. The fourth-order valence-corrected chi connectivity index (χ4v) is 4.41. The number of H-pyrrole nitrogens is 1. The standard InChI is InChI=1S/C24H19F3N8O/c1-3-33(22-18-15(11-28)12-29-20(18)30-13-31-22)14(2)21-32-34-10-9-17(24(25,26)27)19(34)23(36)35(21)16-7-5-4-6-8-16/h4-10,12-14H,3H2,1-2H3,(H,29,30,31)/t14-/m0/s1. The van der Waals surface area contributed by atoms with Gasteiger partial charge in [-0.25, -0.2) is 14.5 Å². The van der Waals surface area contributed by atoms with Gasteiger partial charge in [-0.1, -0.05) is 18.2 Å². The van der Waals surface area contributed by atoms with E-state index >= 15 is 0 Å². The van der Waals surface area contributed by atoms with Crippen LogP contribution in [0, 0.1) is 11.3 Å². The third kappa shape index (κ3) is 3.56. The number of anilines is 1. The lowest BCUT2D eigenvalue weighted by molar-refractivity contribution is -0.136. The Labute approximate surface area is 202 Å². The topological polar surface area (TPSA) is 108 Å². The molecule has 0 aliphatic carbocycles. The minimum atomic E-state index is -4.72. The highest BCUT2D eigenvalue weighted by Crippen LogP contribution is 2.34. The highest BCUT2D eigenvalue weighted by atomic mass is 19.4. The number of hydrogen-bond acceptors (Lipinski definition) is 6. The van der Waals surface area contributed by atoms with Crippen LogP contribution in [0.1, 0.15) is 36.8 Å². The SMILES string of the molecule is CCN(c1ncnc2[nH]cc(C#N)c12)[C@@H](C)c1nn2ccc(C(F)(F)F)c2c(=O)n1-c1ccccc1. The van der Waals surface area contributed by atoms with Crippen molar-refractivity contribution in [1.29, 1.82) is 5.26 Å². The normalized spacial score (nSPS) is 12.7. The minimum Gasteiger partial charge on any atom is -0.346 e. The molecule has 9 nitrogen and oxygen atoms in total. The zero-order chi connectivity index (χ0) is 25.6.